The highest BCUT2D eigenvalue weighted by Crippen LogP contribution is 2.38. The molecule has 0 saturated carbocycles. The molecule has 2 unspecified atom stereocenters. The van der Waals surface area contributed by atoms with Crippen LogP contribution in [-0.4, -0.2) is 214 Å². The van der Waals surface area contributed by atoms with Crippen LogP contribution in [0.5, 0.6) is 0 Å². The molecule has 602 valence electrons. The van der Waals surface area contributed by atoms with Gasteiger partial charge in [0.1, 0.15) is 12.9 Å². The Morgan fingerprint density at radius 1 is 0.459 bits per heavy atom. The zero-order valence-corrected chi connectivity index (χ0v) is 69.7. The number of anilines is 4. The van der Waals surface area contributed by atoms with Crippen LogP contribution in [0.2, 0.25) is 0 Å². The second-order valence-corrected chi connectivity index (χ2v) is 32.1. The minimum atomic E-state index is -0.250. The van der Waals surface area contributed by atoms with Crippen molar-refractivity contribution >= 4 is 68.4 Å². The Labute approximate surface area is 673 Å². The molecule has 0 aromatic heterocycles. The van der Waals surface area contributed by atoms with Gasteiger partial charge < -0.3 is 55.3 Å². The molecule has 5 saturated heterocycles. The molecule has 2 atom stereocenters. The molecule has 0 radical (unpaired) electrons. The van der Waals surface area contributed by atoms with Gasteiger partial charge in [-0.15, -0.1) is 0 Å². The average Bonchev–Trinajstić information content (AvgIpc) is 0.777. The summed E-state index contributed by atoms with van der Waals surface area (Å²) < 4.78 is 6.61. The van der Waals surface area contributed by atoms with Crippen LogP contribution in [0.1, 0.15) is 205 Å². The van der Waals surface area contributed by atoms with Gasteiger partial charge in [-0.25, -0.2) is 4.79 Å². The van der Waals surface area contributed by atoms with Crippen LogP contribution in [0.3, 0.4) is 0 Å². The van der Waals surface area contributed by atoms with Crippen LogP contribution in [-0.2, 0) is 48.2 Å². The quantitative estimate of drug-likeness (QED) is 0.0716. The van der Waals surface area contributed by atoms with Gasteiger partial charge in [-0.3, -0.25) is 29.1 Å². The number of halogens is 1. The van der Waals surface area contributed by atoms with Crippen LogP contribution in [0.15, 0.2) is 126 Å². The van der Waals surface area contributed by atoms with Crippen LogP contribution >= 0.6 is 15.9 Å². The third-order valence-corrected chi connectivity index (χ3v) is 23.8. The van der Waals surface area contributed by atoms with E-state index in [9.17, 15) is 24.0 Å². The Morgan fingerprint density at radius 2 is 0.838 bits per heavy atom. The molecule has 16 rings (SSSR count). The van der Waals surface area contributed by atoms with Crippen LogP contribution in [0, 0.1) is 0 Å². The Bertz CT molecular complexity index is 3850. The van der Waals surface area contributed by atoms with E-state index in [1.54, 1.807) is 10.5 Å². The van der Waals surface area contributed by atoms with E-state index in [1.165, 1.54) is 140 Å². The lowest BCUT2D eigenvalue weighted by molar-refractivity contribution is -0.107. The van der Waals surface area contributed by atoms with Gasteiger partial charge >= 0.3 is 6.09 Å². The number of aryl methyl sites for hydroxylation is 5. The maximum Gasteiger partial charge on any atom is 0.410 e. The van der Waals surface area contributed by atoms with Crippen LogP contribution in [0.25, 0.3) is 0 Å². The molecule has 18 nitrogen and oxygen atoms in total. The SMILES string of the molecule is C1CNCCN1.CCC=O.CCCN1CCN(c2ccc3c(c2)C(=O)CCC3)CC1.CCCN1CCN(c2ccc3c(c2)C(N(C)C(=O)OCc2ccccc2)CCC3)CC1.CCCN1CCN(c2ccc3c(c2)C(NC)CCC3)CC1.O=C1CCCc2ccc(Br)cc21.O=C1CCCc2ccc(N3CCNCC3)cc21. The molecular formula is C92H131BrN12O6. The zero-order valence-electron chi connectivity index (χ0n) is 68.1. The minimum Gasteiger partial charge on any atom is -0.445 e. The van der Waals surface area contributed by atoms with E-state index in [0.29, 0.717) is 37.1 Å². The van der Waals surface area contributed by atoms with E-state index < -0.39 is 0 Å². The number of ketones is 3. The number of aldehydes is 1. The van der Waals surface area contributed by atoms with Crippen LogP contribution < -0.4 is 40.9 Å². The van der Waals surface area contributed by atoms with E-state index in [2.05, 4.69) is 172 Å². The Balaban J connectivity index is 0.000000146. The molecule has 0 spiro atoms. The Kier molecular flexibility index (Phi) is 35.8. The smallest absolute Gasteiger partial charge is 0.410 e. The molecule has 4 N–H and O–H groups in total. The third-order valence-electron chi connectivity index (χ3n) is 23.3. The summed E-state index contributed by atoms with van der Waals surface area (Å²) >= 11 is 3.37. The first kappa shape index (κ1) is 86.1. The second-order valence-electron chi connectivity index (χ2n) is 31.2. The van der Waals surface area contributed by atoms with E-state index in [0.717, 1.165) is 208 Å². The Morgan fingerprint density at radius 3 is 1.27 bits per heavy atom. The molecule has 0 bridgehead atoms. The number of hydrogen-bond acceptors (Lipinski definition) is 17. The topological polar surface area (TPSA) is 169 Å². The van der Waals surface area contributed by atoms with Gasteiger partial charge in [-0.2, -0.15) is 0 Å². The summed E-state index contributed by atoms with van der Waals surface area (Å²) in [6.07, 6.45) is 20.3. The highest BCUT2D eigenvalue weighted by molar-refractivity contribution is 9.10. The van der Waals surface area contributed by atoms with Crippen molar-refractivity contribution < 1.29 is 28.7 Å². The number of amides is 1. The first-order valence-corrected chi connectivity index (χ1v) is 43.3. The normalized spacial score (nSPS) is 19.6. The fraction of sp³-hybridized carbons (Fsp3) is 0.554. The van der Waals surface area contributed by atoms with Gasteiger partial charge in [-0.05, 0) is 228 Å². The fourth-order valence-corrected chi connectivity index (χ4v) is 17.3. The van der Waals surface area contributed by atoms with E-state index in [1.807, 2.05) is 62.5 Å². The molecule has 19 heteroatoms. The van der Waals surface area contributed by atoms with E-state index in [-0.39, 0.29) is 17.9 Å². The molecule has 6 aromatic carbocycles. The van der Waals surface area contributed by atoms with Crippen molar-refractivity contribution in [1.29, 1.82) is 0 Å². The van der Waals surface area contributed by atoms with E-state index in [4.69, 9.17) is 4.74 Å². The zero-order chi connectivity index (χ0) is 78.1. The number of ether oxygens (including phenoxy) is 1. The predicted octanol–water partition coefficient (Wildman–Crippen LogP) is 14.8. The summed E-state index contributed by atoms with van der Waals surface area (Å²) in [5.41, 5.74) is 18.4. The van der Waals surface area contributed by atoms with Gasteiger partial charge in [0.05, 0.1) is 6.04 Å². The average molecular weight is 1580 g/mol. The lowest BCUT2D eigenvalue weighted by Gasteiger charge is -2.37. The van der Waals surface area contributed by atoms with Gasteiger partial charge in [0.15, 0.2) is 17.3 Å². The van der Waals surface area contributed by atoms with Crippen molar-refractivity contribution in [2.24, 2.45) is 0 Å². The number of nitrogens with one attached hydrogen (secondary N) is 4. The summed E-state index contributed by atoms with van der Waals surface area (Å²) in [7, 11) is 3.97. The molecule has 5 aliphatic carbocycles. The molecule has 6 aromatic rings. The first-order chi connectivity index (χ1) is 54.3. The number of carbonyl (C=O) groups excluding carboxylic acids is 5. The van der Waals surface area contributed by atoms with Crippen molar-refractivity contribution in [2.75, 3.05) is 184 Å². The number of rotatable bonds is 15. The summed E-state index contributed by atoms with van der Waals surface area (Å²) in [6.45, 7) is 34.8. The Hall–Kier alpha value is -7.33. The molecule has 111 heavy (non-hydrogen) atoms. The molecule has 5 fully saturated rings. The molecule has 1 amide bonds. The molecule has 5 heterocycles. The number of Topliss-reactive ketones (excluding diaryl/α,β-unsaturated/α-hetero) is 3. The number of hydrogen-bond donors (Lipinski definition) is 4. The largest absolute Gasteiger partial charge is 0.445 e. The number of nitrogens with zero attached hydrogens (tertiary/aromatic N) is 8. The monoisotopic (exact) mass is 1580 g/mol. The second kappa shape index (κ2) is 46.1. The number of piperazine rings is 5. The highest BCUT2D eigenvalue weighted by Gasteiger charge is 2.31. The number of benzene rings is 6. The summed E-state index contributed by atoms with van der Waals surface area (Å²) in [4.78, 5) is 76.6. The third kappa shape index (κ3) is 25.8. The lowest BCUT2D eigenvalue weighted by Crippen LogP contribution is -2.46. The highest BCUT2D eigenvalue weighted by atomic mass is 79.9. The predicted molar refractivity (Wildman–Crippen MR) is 461 cm³/mol. The minimum absolute atomic E-state index is 0.0772. The summed E-state index contributed by atoms with van der Waals surface area (Å²) in [5, 5.41) is 13.3. The maximum absolute atomic E-state index is 12.8. The van der Waals surface area contributed by atoms with Gasteiger partial charge in [0, 0.05) is 214 Å². The number of carbonyl (C=O) groups is 5. The molecular weight excluding hydrogens is 1450 g/mol. The van der Waals surface area contributed by atoms with E-state index >= 15 is 0 Å². The van der Waals surface area contributed by atoms with Crippen molar-refractivity contribution in [3.8, 4) is 0 Å². The van der Waals surface area contributed by atoms with Gasteiger partial charge in [0.25, 0.3) is 0 Å². The van der Waals surface area contributed by atoms with Crippen LogP contribution in [0.4, 0.5) is 27.5 Å². The van der Waals surface area contributed by atoms with Crippen molar-refractivity contribution in [3.63, 3.8) is 0 Å². The van der Waals surface area contributed by atoms with Gasteiger partial charge in [0.2, 0.25) is 0 Å². The molecule has 5 aliphatic heterocycles. The fourth-order valence-electron chi connectivity index (χ4n) is 17.0. The summed E-state index contributed by atoms with van der Waals surface area (Å²) in [5.74, 6) is 0.943. The standard InChI is InChI=1S/C26H35N3O2.C18H29N3.C17H24N2O.C14H18N2O.C10H9BrO.C4H10N2.C3H6O/c1-3-14-28-15-17-29(18-16-28)23-13-12-22-10-7-11-25(24(22)19-23)27(2)26(30)31-20-21-8-5-4-6-9-21;1-3-9-20-10-12-21(13-11-20)16-8-7-15-5-4-6-18(19-2)17(15)14-16;1-2-8-18-9-11-19(12-10-18)15-7-6-14-4-3-5-17(20)16(14)13-15;17-14-3-1-2-11-4-5-12(10-13(11)14)16-8-6-15-7-9-16;11-8-5-4-7-2-1-3-10(12)9(7)6-8;1-2-6-4-3-5-1;1-2-3-4/h4-6,8-9,12-13,19,25H,3,7,10-11,14-18,20H2,1-2H3;7-8,14,18-19H,3-6,9-13H2,1-2H3;6-7,13H,2-5,8-12H2,1H3;4-5,10,15H,1-3,6-9H2;4-6H,1-3H2;5-6H,1-4H2;3H,2H2,1H3. The van der Waals surface area contributed by atoms with Gasteiger partial charge in [-0.1, -0.05) is 104 Å². The molecule has 10 aliphatic rings. The maximum atomic E-state index is 12.8. The summed E-state index contributed by atoms with van der Waals surface area (Å²) in [6, 6.07) is 43.4. The number of fused-ring (bicyclic) bond motifs is 5. The van der Waals surface area contributed by atoms with Crippen molar-refractivity contribution in [2.45, 2.75) is 168 Å². The van der Waals surface area contributed by atoms with Crippen molar-refractivity contribution in [3.05, 3.63) is 187 Å². The first-order valence-electron chi connectivity index (χ1n) is 42.5. The lowest BCUT2D eigenvalue weighted by atomic mass is 9.86. The van der Waals surface area contributed by atoms with Crippen molar-refractivity contribution in [1.82, 2.24) is 40.9 Å².